The predicted molar refractivity (Wildman–Crippen MR) is 72.1 cm³/mol. The van der Waals surface area contributed by atoms with Gasteiger partial charge in [0.05, 0.1) is 6.04 Å². The Morgan fingerprint density at radius 3 is 2.33 bits per heavy atom. The van der Waals surface area contributed by atoms with Crippen molar-refractivity contribution in [3.05, 3.63) is 76.9 Å². The molecular weight excluding hydrogens is 222 g/mol. The number of hydrogen-bond acceptors (Lipinski definition) is 2. The van der Waals surface area contributed by atoms with Crippen molar-refractivity contribution >= 4 is 11.9 Å². The van der Waals surface area contributed by atoms with E-state index in [0.717, 1.165) is 16.7 Å². The Labute approximate surface area is 106 Å². The van der Waals surface area contributed by atoms with Gasteiger partial charge in [0, 0.05) is 11.1 Å². The average Bonchev–Trinajstić information content (AvgIpc) is 2.66. The van der Waals surface area contributed by atoms with Gasteiger partial charge in [-0.05, 0) is 17.2 Å². The standard InChI is InChI=1S/C16H13NO/c17-15-12-8-4-5-9-13(12)16(18)14(15)10-11-6-2-1-3-7-11/h1-10,15H,17H2. The zero-order valence-electron chi connectivity index (χ0n) is 9.84. The monoisotopic (exact) mass is 235 g/mol. The molecule has 0 radical (unpaired) electrons. The van der Waals surface area contributed by atoms with Crippen LogP contribution in [0.4, 0.5) is 0 Å². The Balaban J connectivity index is 2.07. The molecule has 0 aliphatic heterocycles. The van der Waals surface area contributed by atoms with Crippen molar-refractivity contribution < 1.29 is 4.79 Å². The van der Waals surface area contributed by atoms with E-state index < -0.39 is 0 Å². The lowest BCUT2D eigenvalue weighted by Crippen LogP contribution is -2.09. The number of ketones is 1. The number of nitrogens with two attached hydrogens (primary N) is 1. The highest BCUT2D eigenvalue weighted by Gasteiger charge is 2.31. The lowest BCUT2D eigenvalue weighted by atomic mass is 10.0. The number of carbonyl (C=O) groups is 1. The summed E-state index contributed by atoms with van der Waals surface area (Å²) in [4.78, 5) is 12.3. The maximum atomic E-state index is 12.3. The van der Waals surface area contributed by atoms with Crippen LogP contribution in [0.1, 0.15) is 27.5 Å². The fourth-order valence-electron chi connectivity index (χ4n) is 2.32. The first kappa shape index (κ1) is 10.9. The van der Waals surface area contributed by atoms with Gasteiger partial charge in [-0.1, -0.05) is 54.6 Å². The van der Waals surface area contributed by atoms with Crippen molar-refractivity contribution in [3.8, 4) is 0 Å². The molecule has 1 atom stereocenters. The molecule has 2 aromatic carbocycles. The number of fused-ring (bicyclic) bond motifs is 1. The summed E-state index contributed by atoms with van der Waals surface area (Å²) < 4.78 is 0. The van der Waals surface area contributed by atoms with Gasteiger partial charge in [0.15, 0.2) is 5.78 Å². The van der Waals surface area contributed by atoms with Gasteiger partial charge in [-0.25, -0.2) is 0 Å². The molecule has 3 rings (SSSR count). The summed E-state index contributed by atoms with van der Waals surface area (Å²) in [5.41, 5.74) is 9.46. The Kier molecular flexibility index (Phi) is 2.58. The van der Waals surface area contributed by atoms with E-state index in [9.17, 15) is 4.79 Å². The third kappa shape index (κ3) is 1.67. The van der Waals surface area contributed by atoms with Crippen LogP contribution in [0.15, 0.2) is 60.2 Å². The van der Waals surface area contributed by atoms with E-state index in [-0.39, 0.29) is 11.8 Å². The number of rotatable bonds is 1. The van der Waals surface area contributed by atoms with Gasteiger partial charge >= 0.3 is 0 Å². The molecule has 0 amide bonds. The van der Waals surface area contributed by atoms with E-state index in [2.05, 4.69) is 0 Å². The molecule has 0 saturated heterocycles. The van der Waals surface area contributed by atoms with Crippen molar-refractivity contribution in [3.63, 3.8) is 0 Å². The molecule has 18 heavy (non-hydrogen) atoms. The molecule has 0 bridgehead atoms. The summed E-state index contributed by atoms with van der Waals surface area (Å²) >= 11 is 0. The SMILES string of the molecule is NC1C(=Cc2ccccc2)C(=O)c2ccccc21. The zero-order valence-corrected chi connectivity index (χ0v) is 9.84. The van der Waals surface area contributed by atoms with E-state index in [1.165, 1.54) is 0 Å². The first-order valence-corrected chi connectivity index (χ1v) is 5.93. The van der Waals surface area contributed by atoms with Crippen molar-refractivity contribution in [2.45, 2.75) is 6.04 Å². The molecule has 0 spiro atoms. The van der Waals surface area contributed by atoms with Crippen LogP contribution in [-0.2, 0) is 0 Å². The molecule has 0 heterocycles. The summed E-state index contributed by atoms with van der Waals surface area (Å²) in [7, 11) is 0. The summed E-state index contributed by atoms with van der Waals surface area (Å²) in [6.45, 7) is 0. The molecule has 2 nitrogen and oxygen atoms in total. The molecule has 1 aliphatic carbocycles. The van der Waals surface area contributed by atoms with Gasteiger partial charge in [0.25, 0.3) is 0 Å². The Bertz CT molecular complexity index is 629. The van der Waals surface area contributed by atoms with Crippen LogP contribution in [0.3, 0.4) is 0 Å². The van der Waals surface area contributed by atoms with E-state index in [0.29, 0.717) is 5.57 Å². The maximum Gasteiger partial charge on any atom is 0.191 e. The van der Waals surface area contributed by atoms with Gasteiger partial charge in [0.1, 0.15) is 0 Å². The van der Waals surface area contributed by atoms with E-state index in [1.807, 2.05) is 60.7 Å². The molecule has 2 N–H and O–H groups in total. The van der Waals surface area contributed by atoms with Crippen molar-refractivity contribution in [1.82, 2.24) is 0 Å². The second-order valence-electron chi connectivity index (χ2n) is 4.40. The van der Waals surface area contributed by atoms with E-state index in [1.54, 1.807) is 0 Å². The third-order valence-electron chi connectivity index (χ3n) is 3.26. The van der Waals surface area contributed by atoms with Crippen LogP contribution < -0.4 is 5.73 Å². The lowest BCUT2D eigenvalue weighted by molar-refractivity contribution is 0.103. The first-order valence-electron chi connectivity index (χ1n) is 5.93. The minimum absolute atomic E-state index is 0.0435. The van der Waals surface area contributed by atoms with Crippen LogP contribution in [0.2, 0.25) is 0 Å². The number of Topliss-reactive ketones (excluding diaryl/α,β-unsaturated/α-hetero) is 1. The van der Waals surface area contributed by atoms with Gasteiger partial charge in [-0.15, -0.1) is 0 Å². The van der Waals surface area contributed by atoms with Gasteiger partial charge in [-0.2, -0.15) is 0 Å². The summed E-state index contributed by atoms with van der Waals surface area (Å²) in [6, 6.07) is 17.0. The molecular formula is C16H13NO. The highest BCUT2D eigenvalue weighted by Crippen LogP contribution is 2.34. The predicted octanol–water partition coefficient (Wildman–Crippen LogP) is 2.97. The third-order valence-corrected chi connectivity index (χ3v) is 3.26. The summed E-state index contributed by atoms with van der Waals surface area (Å²) in [6.07, 6.45) is 1.88. The second-order valence-corrected chi connectivity index (χ2v) is 4.40. The Morgan fingerprint density at radius 1 is 0.944 bits per heavy atom. The van der Waals surface area contributed by atoms with Crippen LogP contribution in [-0.4, -0.2) is 5.78 Å². The molecule has 88 valence electrons. The molecule has 0 aromatic heterocycles. The second kappa shape index (κ2) is 4.24. The van der Waals surface area contributed by atoms with Gasteiger partial charge in [0.2, 0.25) is 0 Å². The molecule has 2 heteroatoms. The number of carbonyl (C=O) groups excluding carboxylic acids is 1. The molecule has 1 unspecified atom stereocenters. The maximum absolute atomic E-state index is 12.3. The average molecular weight is 235 g/mol. The highest BCUT2D eigenvalue weighted by molar-refractivity contribution is 6.16. The highest BCUT2D eigenvalue weighted by atomic mass is 16.1. The fraction of sp³-hybridized carbons (Fsp3) is 0.0625. The van der Waals surface area contributed by atoms with Crippen molar-refractivity contribution in [2.24, 2.45) is 5.73 Å². The quantitative estimate of drug-likeness (QED) is 0.772. The Morgan fingerprint density at radius 2 is 1.61 bits per heavy atom. The largest absolute Gasteiger partial charge is 0.320 e. The van der Waals surface area contributed by atoms with Crippen LogP contribution >= 0.6 is 0 Å². The number of hydrogen-bond donors (Lipinski definition) is 1. The minimum atomic E-state index is -0.311. The summed E-state index contributed by atoms with van der Waals surface area (Å²) in [5.74, 6) is 0.0435. The topological polar surface area (TPSA) is 43.1 Å². The van der Waals surface area contributed by atoms with E-state index >= 15 is 0 Å². The van der Waals surface area contributed by atoms with Gasteiger partial charge in [-0.3, -0.25) is 4.79 Å². The van der Waals surface area contributed by atoms with Crippen molar-refractivity contribution in [2.75, 3.05) is 0 Å². The van der Waals surface area contributed by atoms with Crippen LogP contribution in [0, 0.1) is 0 Å². The fourth-order valence-corrected chi connectivity index (χ4v) is 2.32. The Hall–Kier alpha value is -2.19. The van der Waals surface area contributed by atoms with Crippen LogP contribution in [0.5, 0.6) is 0 Å². The van der Waals surface area contributed by atoms with Gasteiger partial charge < -0.3 is 5.73 Å². The molecule has 2 aromatic rings. The van der Waals surface area contributed by atoms with Crippen molar-refractivity contribution in [1.29, 1.82) is 0 Å². The zero-order chi connectivity index (χ0) is 12.5. The minimum Gasteiger partial charge on any atom is -0.320 e. The lowest BCUT2D eigenvalue weighted by Gasteiger charge is -2.05. The normalized spacial score (nSPS) is 20.2. The molecule has 0 saturated carbocycles. The van der Waals surface area contributed by atoms with E-state index in [4.69, 9.17) is 5.73 Å². The summed E-state index contributed by atoms with van der Waals surface area (Å²) in [5, 5.41) is 0. The van der Waals surface area contributed by atoms with Crippen LogP contribution in [0.25, 0.3) is 6.08 Å². The number of benzene rings is 2. The molecule has 1 aliphatic rings. The first-order chi connectivity index (χ1) is 8.77. The smallest absolute Gasteiger partial charge is 0.191 e. The molecule has 0 fully saturated rings.